The van der Waals surface area contributed by atoms with Gasteiger partial charge in [-0.2, -0.15) is 0 Å². The summed E-state index contributed by atoms with van der Waals surface area (Å²) < 4.78 is 0. The largest absolute Gasteiger partial charge is 0.316 e. The summed E-state index contributed by atoms with van der Waals surface area (Å²) in [5, 5.41) is 3.13. The monoisotopic (exact) mass is 205 g/mol. The predicted octanol–water partition coefficient (Wildman–Crippen LogP) is 2.52. The van der Waals surface area contributed by atoms with Gasteiger partial charge in [0.2, 0.25) is 0 Å². The molecule has 0 atom stereocenters. The molecule has 0 aliphatic rings. The first kappa shape index (κ1) is 11.2. The van der Waals surface area contributed by atoms with Crippen molar-refractivity contribution in [2.45, 2.75) is 18.4 Å². The van der Waals surface area contributed by atoms with Crippen LogP contribution in [-0.2, 0) is 6.54 Å². The number of rotatable bonds is 4. The van der Waals surface area contributed by atoms with Crippen molar-refractivity contribution in [1.29, 1.82) is 0 Å². The molecule has 0 fully saturated rings. The van der Waals surface area contributed by atoms with Gasteiger partial charge in [0.1, 0.15) is 0 Å². The molecule has 0 aliphatic heterocycles. The highest BCUT2D eigenvalue weighted by atomic mass is 32.2. The number of benzene rings is 1. The topological polar surface area (TPSA) is 12.0 Å². The van der Waals surface area contributed by atoms with Crippen molar-refractivity contribution in [2.75, 3.05) is 12.8 Å². The zero-order valence-electron chi connectivity index (χ0n) is 8.63. The van der Waals surface area contributed by atoms with Crippen LogP contribution >= 0.6 is 11.8 Å². The standard InChI is InChI=1S/C12H15NS/c1-3-4-9-14-12-7-5-11(6-8-12)10-13-2/h5-8,13H,9-10H2,1-2H3. The molecule has 0 bridgehead atoms. The van der Waals surface area contributed by atoms with E-state index in [9.17, 15) is 0 Å². The molecule has 1 N–H and O–H groups in total. The molecule has 1 nitrogen and oxygen atoms in total. The van der Waals surface area contributed by atoms with Crippen LogP contribution in [0.2, 0.25) is 0 Å². The van der Waals surface area contributed by atoms with Crippen LogP contribution in [0.5, 0.6) is 0 Å². The summed E-state index contributed by atoms with van der Waals surface area (Å²) in [7, 11) is 1.96. The fourth-order valence-corrected chi connectivity index (χ4v) is 1.81. The molecule has 2 heteroatoms. The van der Waals surface area contributed by atoms with E-state index >= 15 is 0 Å². The molecule has 74 valence electrons. The average molecular weight is 205 g/mol. The second kappa shape index (κ2) is 6.53. The fourth-order valence-electron chi connectivity index (χ4n) is 1.10. The van der Waals surface area contributed by atoms with Crippen LogP contribution in [0.4, 0.5) is 0 Å². The number of hydrogen-bond acceptors (Lipinski definition) is 2. The molecule has 0 heterocycles. The SMILES string of the molecule is CC#CCSc1ccc(CNC)cc1. The van der Waals surface area contributed by atoms with Gasteiger partial charge in [-0.3, -0.25) is 0 Å². The molecular weight excluding hydrogens is 190 g/mol. The van der Waals surface area contributed by atoms with E-state index in [4.69, 9.17) is 0 Å². The van der Waals surface area contributed by atoms with Crippen LogP contribution in [-0.4, -0.2) is 12.8 Å². The van der Waals surface area contributed by atoms with E-state index in [0.717, 1.165) is 12.3 Å². The van der Waals surface area contributed by atoms with Gasteiger partial charge in [-0.15, -0.1) is 17.7 Å². The molecule has 0 aromatic heterocycles. The number of nitrogens with one attached hydrogen (secondary N) is 1. The Balaban J connectivity index is 2.49. The van der Waals surface area contributed by atoms with Crippen LogP contribution < -0.4 is 5.32 Å². The maximum atomic E-state index is 3.13. The van der Waals surface area contributed by atoms with Crippen molar-refractivity contribution in [2.24, 2.45) is 0 Å². The van der Waals surface area contributed by atoms with E-state index in [1.54, 1.807) is 11.8 Å². The van der Waals surface area contributed by atoms with Crippen LogP contribution in [0.3, 0.4) is 0 Å². The number of thioether (sulfide) groups is 1. The molecule has 0 unspecified atom stereocenters. The van der Waals surface area contributed by atoms with Gasteiger partial charge in [0.15, 0.2) is 0 Å². The molecule has 1 aromatic carbocycles. The van der Waals surface area contributed by atoms with Gasteiger partial charge < -0.3 is 5.32 Å². The Bertz CT molecular complexity index is 318. The minimum absolute atomic E-state index is 0.877. The van der Waals surface area contributed by atoms with Crippen molar-refractivity contribution in [1.82, 2.24) is 5.32 Å². The zero-order valence-corrected chi connectivity index (χ0v) is 9.45. The van der Waals surface area contributed by atoms with E-state index < -0.39 is 0 Å². The Kier molecular flexibility index (Phi) is 5.21. The Morgan fingerprint density at radius 1 is 1.29 bits per heavy atom. The van der Waals surface area contributed by atoms with Gasteiger partial charge in [0, 0.05) is 11.4 Å². The molecule has 0 radical (unpaired) electrons. The molecule has 0 saturated heterocycles. The summed E-state index contributed by atoms with van der Waals surface area (Å²) in [6, 6.07) is 8.60. The minimum Gasteiger partial charge on any atom is -0.316 e. The summed E-state index contributed by atoms with van der Waals surface area (Å²) in [5.74, 6) is 6.80. The molecular formula is C12H15NS. The summed E-state index contributed by atoms with van der Waals surface area (Å²) in [5.41, 5.74) is 1.32. The van der Waals surface area contributed by atoms with Crippen molar-refractivity contribution < 1.29 is 0 Å². The lowest BCUT2D eigenvalue weighted by Crippen LogP contribution is -2.04. The van der Waals surface area contributed by atoms with E-state index in [1.807, 2.05) is 14.0 Å². The van der Waals surface area contributed by atoms with Crippen LogP contribution in [0.1, 0.15) is 12.5 Å². The third kappa shape index (κ3) is 3.87. The minimum atomic E-state index is 0.877. The normalized spacial score (nSPS) is 9.29. The summed E-state index contributed by atoms with van der Waals surface area (Å²) in [4.78, 5) is 1.28. The number of hydrogen-bond donors (Lipinski definition) is 1. The van der Waals surface area contributed by atoms with E-state index in [0.29, 0.717) is 0 Å². The third-order valence-corrected chi connectivity index (χ3v) is 2.69. The van der Waals surface area contributed by atoms with Crippen LogP contribution in [0.15, 0.2) is 29.2 Å². The lowest BCUT2D eigenvalue weighted by Gasteiger charge is -2.01. The maximum absolute atomic E-state index is 3.13. The predicted molar refractivity (Wildman–Crippen MR) is 63.4 cm³/mol. The lowest BCUT2D eigenvalue weighted by molar-refractivity contribution is 0.817. The second-order valence-electron chi connectivity index (χ2n) is 2.89. The summed E-state index contributed by atoms with van der Waals surface area (Å²) in [6.07, 6.45) is 0. The molecule has 0 aliphatic carbocycles. The second-order valence-corrected chi connectivity index (χ2v) is 3.94. The van der Waals surface area contributed by atoms with E-state index in [-0.39, 0.29) is 0 Å². The maximum Gasteiger partial charge on any atom is 0.0594 e. The van der Waals surface area contributed by atoms with E-state index in [2.05, 4.69) is 41.4 Å². The summed E-state index contributed by atoms with van der Waals surface area (Å²) >= 11 is 1.78. The molecule has 0 amide bonds. The first-order chi connectivity index (χ1) is 6.86. The Hall–Kier alpha value is -0.910. The average Bonchev–Trinajstić information content (AvgIpc) is 2.21. The van der Waals surface area contributed by atoms with Crippen LogP contribution in [0.25, 0.3) is 0 Å². The molecule has 14 heavy (non-hydrogen) atoms. The highest BCUT2D eigenvalue weighted by Gasteiger charge is 1.93. The van der Waals surface area contributed by atoms with Crippen molar-refractivity contribution >= 4 is 11.8 Å². The van der Waals surface area contributed by atoms with Gasteiger partial charge in [0.05, 0.1) is 5.75 Å². The first-order valence-electron chi connectivity index (χ1n) is 4.62. The highest BCUT2D eigenvalue weighted by Crippen LogP contribution is 2.17. The van der Waals surface area contributed by atoms with Gasteiger partial charge >= 0.3 is 0 Å². The van der Waals surface area contributed by atoms with Crippen molar-refractivity contribution in [3.63, 3.8) is 0 Å². The van der Waals surface area contributed by atoms with Gasteiger partial charge in [0.25, 0.3) is 0 Å². The molecule has 0 spiro atoms. The Morgan fingerprint density at radius 2 is 2.00 bits per heavy atom. The van der Waals surface area contributed by atoms with Gasteiger partial charge in [-0.1, -0.05) is 18.1 Å². The van der Waals surface area contributed by atoms with E-state index in [1.165, 1.54) is 10.5 Å². The zero-order chi connectivity index (χ0) is 10.2. The molecule has 0 saturated carbocycles. The van der Waals surface area contributed by atoms with Gasteiger partial charge in [-0.05, 0) is 31.7 Å². The third-order valence-electron chi connectivity index (χ3n) is 1.79. The van der Waals surface area contributed by atoms with Crippen molar-refractivity contribution in [3.05, 3.63) is 29.8 Å². The fraction of sp³-hybridized carbons (Fsp3) is 0.333. The summed E-state index contributed by atoms with van der Waals surface area (Å²) in [6.45, 7) is 2.80. The molecule has 1 aromatic rings. The smallest absolute Gasteiger partial charge is 0.0594 e. The molecule has 1 rings (SSSR count). The quantitative estimate of drug-likeness (QED) is 0.599. The van der Waals surface area contributed by atoms with Gasteiger partial charge in [-0.25, -0.2) is 0 Å². The first-order valence-corrected chi connectivity index (χ1v) is 5.61. The Labute approximate surface area is 90.3 Å². The Morgan fingerprint density at radius 3 is 2.57 bits per heavy atom. The van der Waals surface area contributed by atoms with Crippen LogP contribution in [0, 0.1) is 11.8 Å². The lowest BCUT2D eigenvalue weighted by atomic mass is 10.2. The van der Waals surface area contributed by atoms with Crippen molar-refractivity contribution in [3.8, 4) is 11.8 Å². The highest BCUT2D eigenvalue weighted by molar-refractivity contribution is 7.99.